The number of ether oxygens (including phenoxy) is 1. The van der Waals surface area contributed by atoms with Crippen molar-refractivity contribution in [3.05, 3.63) is 45.1 Å². The van der Waals surface area contributed by atoms with E-state index in [0.717, 1.165) is 11.3 Å². The Balaban J connectivity index is 2.42. The molecule has 0 bridgehead atoms. The fourth-order valence-corrected chi connectivity index (χ4v) is 2.42. The Morgan fingerprint density at radius 3 is 2.29 bits per heavy atom. The maximum Gasteiger partial charge on any atom is 0.161 e. The number of nitrogens with zero attached hydrogens (tertiary/aromatic N) is 2. The Morgan fingerprint density at radius 2 is 1.76 bits per heavy atom. The second-order valence-electron chi connectivity index (χ2n) is 5.86. The van der Waals surface area contributed by atoms with Crippen LogP contribution in [-0.4, -0.2) is 17.1 Å². The summed E-state index contributed by atoms with van der Waals surface area (Å²) in [7, 11) is 1.63. The molecule has 0 aliphatic carbocycles. The van der Waals surface area contributed by atoms with Gasteiger partial charge >= 0.3 is 0 Å². The fourth-order valence-electron chi connectivity index (χ4n) is 1.94. The third kappa shape index (κ3) is 3.82. The first-order valence-electron chi connectivity index (χ1n) is 6.64. The van der Waals surface area contributed by atoms with Gasteiger partial charge in [-0.15, -0.1) is 0 Å². The molecular weight excluding hydrogens is 352 g/mol. The zero-order valence-corrected chi connectivity index (χ0v) is 14.9. The molecule has 1 aromatic heterocycles. The van der Waals surface area contributed by atoms with Gasteiger partial charge in [0.2, 0.25) is 0 Å². The van der Waals surface area contributed by atoms with E-state index in [1.54, 1.807) is 7.11 Å². The molecule has 0 aliphatic rings. The van der Waals surface area contributed by atoms with Crippen LogP contribution in [-0.2, 0) is 16.8 Å². The highest BCUT2D eigenvalue weighted by atomic mass is 79.9. The summed E-state index contributed by atoms with van der Waals surface area (Å²) in [4.78, 5) is 8.85. The third-order valence-electron chi connectivity index (χ3n) is 3.17. The molecule has 0 unspecified atom stereocenters. The van der Waals surface area contributed by atoms with Crippen LogP contribution in [0.15, 0.2) is 28.7 Å². The molecule has 0 saturated heterocycles. The Kier molecular flexibility index (Phi) is 5.02. The van der Waals surface area contributed by atoms with Gasteiger partial charge in [-0.1, -0.05) is 56.6 Å². The van der Waals surface area contributed by atoms with Crippen LogP contribution in [0.25, 0.3) is 11.4 Å². The average Bonchev–Trinajstić information content (AvgIpc) is 2.43. The fraction of sp³-hybridized carbons (Fsp3) is 0.375. The second kappa shape index (κ2) is 6.42. The highest BCUT2D eigenvalue weighted by Crippen LogP contribution is 2.29. The summed E-state index contributed by atoms with van der Waals surface area (Å²) in [6.07, 6.45) is 0. The monoisotopic (exact) mass is 368 g/mol. The topological polar surface area (TPSA) is 35.0 Å². The van der Waals surface area contributed by atoms with E-state index in [0.29, 0.717) is 22.1 Å². The van der Waals surface area contributed by atoms with E-state index in [2.05, 4.69) is 58.8 Å². The summed E-state index contributed by atoms with van der Waals surface area (Å²) in [5.41, 5.74) is 3.08. The normalized spacial score (nSPS) is 11.7. The van der Waals surface area contributed by atoms with Gasteiger partial charge in [0, 0.05) is 12.7 Å². The number of aromatic nitrogens is 2. The molecule has 0 aliphatic heterocycles. The SMILES string of the molecule is COCc1nc(-c2ccc(C(C)(C)C)cc2)nc(Cl)c1Br. The van der Waals surface area contributed by atoms with Crippen LogP contribution in [0.1, 0.15) is 32.0 Å². The minimum absolute atomic E-state index is 0.123. The zero-order chi connectivity index (χ0) is 15.6. The molecule has 3 nitrogen and oxygen atoms in total. The lowest BCUT2D eigenvalue weighted by molar-refractivity contribution is 0.181. The molecule has 1 heterocycles. The van der Waals surface area contributed by atoms with Gasteiger partial charge in [0.1, 0.15) is 5.15 Å². The van der Waals surface area contributed by atoms with Gasteiger partial charge in [0.05, 0.1) is 16.8 Å². The Morgan fingerprint density at radius 1 is 1.14 bits per heavy atom. The first kappa shape index (κ1) is 16.4. The molecule has 2 rings (SSSR count). The highest BCUT2D eigenvalue weighted by molar-refractivity contribution is 9.10. The van der Waals surface area contributed by atoms with Crippen molar-refractivity contribution in [1.29, 1.82) is 0 Å². The van der Waals surface area contributed by atoms with Gasteiger partial charge in [-0.3, -0.25) is 0 Å². The van der Waals surface area contributed by atoms with Crippen molar-refractivity contribution < 1.29 is 4.74 Å². The molecule has 5 heteroatoms. The molecule has 0 amide bonds. The Hall–Kier alpha value is -0.970. The van der Waals surface area contributed by atoms with Gasteiger partial charge in [-0.2, -0.15) is 0 Å². The number of methoxy groups -OCH3 is 1. The van der Waals surface area contributed by atoms with Crippen LogP contribution < -0.4 is 0 Å². The molecule has 0 spiro atoms. The highest BCUT2D eigenvalue weighted by Gasteiger charge is 2.15. The second-order valence-corrected chi connectivity index (χ2v) is 7.01. The summed E-state index contributed by atoms with van der Waals surface area (Å²) in [6.45, 7) is 6.94. The number of rotatable bonds is 3. The van der Waals surface area contributed by atoms with Gasteiger partial charge in [-0.25, -0.2) is 9.97 Å². The lowest BCUT2D eigenvalue weighted by atomic mass is 9.87. The van der Waals surface area contributed by atoms with Crippen molar-refractivity contribution in [3.63, 3.8) is 0 Å². The van der Waals surface area contributed by atoms with E-state index in [9.17, 15) is 0 Å². The molecular formula is C16H18BrClN2O. The quantitative estimate of drug-likeness (QED) is 0.714. The Labute approximate surface area is 138 Å². The predicted octanol–water partition coefficient (Wildman–Crippen LogP) is 5.00. The van der Waals surface area contributed by atoms with Gasteiger partial charge < -0.3 is 4.74 Å². The van der Waals surface area contributed by atoms with Crippen molar-refractivity contribution in [2.45, 2.75) is 32.8 Å². The number of hydrogen-bond acceptors (Lipinski definition) is 3. The molecule has 0 atom stereocenters. The molecule has 112 valence electrons. The van der Waals surface area contributed by atoms with Gasteiger partial charge in [-0.05, 0) is 26.9 Å². The summed E-state index contributed by atoms with van der Waals surface area (Å²) in [5, 5.41) is 0.395. The van der Waals surface area contributed by atoms with E-state index in [-0.39, 0.29) is 5.41 Å². The van der Waals surface area contributed by atoms with E-state index < -0.39 is 0 Å². The summed E-state index contributed by atoms with van der Waals surface area (Å²) in [5.74, 6) is 0.607. The van der Waals surface area contributed by atoms with Crippen molar-refractivity contribution in [3.8, 4) is 11.4 Å². The Bertz CT molecular complexity index is 636. The van der Waals surface area contributed by atoms with Crippen LogP contribution >= 0.6 is 27.5 Å². The van der Waals surface area contributed by atoms with Crippen LogP contribution in [0.3, 0.4) is 0 Å². The van der Waals surface area contributed by atoms with Crippen LogP contribution in [0.5, 0.6) is 0 Å². The molecule has 0 radical (unpaired) electrons. The van der Waals surface area contributed by atoms with Crippen molar-refractivity contribution in [2.24, 2.45) is 0 Å². The smallest absolute Gasteiger partial charge is 0.161 e. The van der Waals surface area contributed by atoms with Crippen LogP contribution in [0.2, 0.25) is 5.15 Å². The van der Waals surface area contributed by atoms with Crippen molar-refractivity contribution in [1.82, 2.24) is 9.97 Å². The largest absolute Gasteiger partial charge is 0.378 e. The lowest BCUT2D eigenvalue weighted by Gasteiger charge is -2.19. The first-order chi connectivity index (χ1) is 9.82. The predicted molar refractivity (Wildman–Crippen MR) is 89.6 cm³/mol. The number of hydrogen-bond donors (Lipinski definition) is 0. The summed E-state index contributed by atoms with van der Waals surface area (Å²) < 4.78 is 5.82. The maximum atomic E-state index is 6.15. The van der Waals surface area contributed by atoms with Crippen molar-refractivity contribution >= 4 is 27.5 Å². The first-order valence-corrected chi connectivity index (χ1v) is 7.82. The molecule has 0 saturated carbocycles. The minimum Gasteiger partial charge on any atom is -0.378 e. The number of halogens is 2. The van der Waals surface area contributed by atoms with E-state index >= 15 is 0 Å². The molecule has 0 N–H and O–H groups in total. The zero-order valence-electron chi connectivity index (χ0n) is 12.6. The summed E-state index contributed by atoms with van der Waals surface area (Å²) >= 11 is 9.54. The van der Waals surface area contributed by atoms with E-state index in [1.807, 2.05) is 12.1 Å². The lowest BCUT2D eigenvalue weighted by Crippen LogP contribution is -2.10. The molecule has 1 aromatic carbocycles. The summed E-state index contributed by atoms with van der Waals surface area (Å²) in [6, 6.07) is 8.25. The molecule has 21 heavy (non-hydrogen) atoms. The van der Waals surface area contributed by atoms with Gasteiger partial charge in [0.15, 0.2) is 5.82 Å². The standard InChI is InChI=1S/C16H18BrClN2O/c1-16(2,3)11-7-5-10(6-8-11)15-19-12(9-21-4)13(17)14(18)20-15/h5-8H,9H2,1-4H3. The maximum absolute atomic E-state index is 6.15. The molecule has 0 fully saturated rings. The molecule has 2 aromatic rings. The van der Waals surface area contributed by atoms with Crippen LogP contribution in [0, 0.1) is 0 Å². The number of benzene rings is 1. The van der Waals surface area contributed by atoms with E-state index in [1.165, 1.54) is 5.56 Å². The third-order valence-corrected chi connectivity index (χ3v) is 4.50. The van der Waals surface area contributed by atoms with E-state index in [4.69, 9.17) is 16.3 Å². The minimum atomic E-state index is 0.123. The van der Waals surface area contributed by atoms with Crippen molar-refractivity contribution in [2.75, 3.05) is 7.11 Å². The average molecular weight is 370 g/mol. The van der Waals surface area contributed by atoms with Crippen LogP contribution in [0.4, 0.5) is 0 Å². The van der Waals surface area contributed by atoms with Gasteiger partial charge in [0.25, 0.3) is 0 Å².